The summed E-state index contributed by atoms with van der Waals surface area (Å²) in [6.07, 6.45) is 0. The van der Waals surface area contributed by atoms with E-state index in [9.17, 15) is 29.3 Å². The number of carbonyl (C=O) groups excluding carboxylic acids is 4. The van der Waals surface area contributed by atoms with Crippen LogP contribution in [0.1, 0.15) is 44.9 Å². The molecule has 156 valence electrons. The molecule has 10 heteroatoms. The second kappa shape index (κ2) is 9.92. The van der Waals surface area contributed by atoms with E-state index in [2.05, 4.69) is 5.32 Å². The van der Waals surface area contributed by atoms with E-state index in [-0.39, 0.29) is 23.5 Å². The number of anilines is 1. The lowest BCUT2D eigenvalue weighted by Gasteiger charge is -2.08. The fourth-order valence-electron chi connectivity index (χ4n) is 2.39. The van der Waals surface area contributed by atoms with Gasteiger partial charge in [0.25, 0.3) is 11.6 Å². The first-order valence-electron chi connectivity index (χ1n) is 8.75. The van der Waals surface area contributed by atoms with Gasteiger partial charge < -0.3 is 14.8 Å². The van der Waals surface area contributed by atoms with Gasteiger partial charge in [-0.3, -0.25) is 19.7 Å². The highest BCUT2D eigenvalue weighted by atomic mass is 16.6. The van der Waals surface area contributed by atoms with Gasteiger partial charge in [-0.2, -0.15) is 0 Å². The molecule has 0 aromatic heterocycles. The topological polar surface area (TPSA) is 142 Å². The van der Waals surface area contributed by atoms with Crippen molar-refractivity contribution in [1.29, 1.82) is 0 Å². The Morgan fingerprint density at radius 3 is 2.17 bits per heavy atom. The lowest BCUT2D eigenvalue weighted by atomic mass is 10.1. The SMILES string of the molecule is CCOC(=O)c1cc(C(=O)OCC(=O)Nc2cccc(C(C)=O)c2)cc([N+](=O)[O-])c1. The van der Waals surface area contributed by atoms with Gasteiger partial charge in [0.15, 0.2) is 12.4 Å². The highest BCUT2D eigenvalue weighted by molar-refractivity contribution is 5.99. The Balaban J connectivity index is 2.09. The minimum Gasteiger partial charge on any atom is -0.462 e. The number of hydrogen-bond acceptors (Lipinski definition) is 8. The molecule has 30 heavy (non-hydrogen) atoms. The molecule has 0 saturated carbocycles. The summed E-state index contributed by atoms with van der Waals surface area (Å²) in [5, 5.41) is 13.5. The van der Waals surface area contributed by atoms with Crippen LogP contribution >= 0.6 is 0 Å². The molecule has 0 atom stereocenters. The summed E-state index contributed by atoms with van der Waals surface area (Å²) in [7, 11) is 0. The molecule has 0 unspecified atom stereocenters. The van der Waals surface area contributed by atoms with E-state index in [1.807, 2.05) is 0 Å². The minimum absolute atomic E-state index is 0.0479. The molecular formula is C20H18N2O8. The van der Waals surface area contributed by atoms with Crippen LogP contribution in [0.3, 0.4) is 0 Å². The maximum absolute atomic E-state index is 12.2. The van der Waals surface area contributed by atoms with Crippen LogP contribution in [0.5, 0.6) is 0 Å². The van der Waals surface area contributed by atoms with Gasteiger partial charge in [0.1, 0.15) is 0 Å². The third-order valence-electron chi connectivity index (χ3n) is 3.76. The van der Waals surface area contributed by atoms with E-state index < -0.39 is 35.1 Å². The fraction of sp³-hybridized carbons (Fsp3) is 0.200. The zero-order valence-electron chi connectivity index (χ0n) is 16.2. The number of amides is 1. The van der Waals surface area contributed by atoms with Gasteiger partial charge in [0.05, 0.1) is 22.7 Å². The van der Waals surface area contributed by atoms with E-state index in [0.29, 0.717) is 11.3 Å². The number of nitro groups is 1. The number of nitrogens with zero attached hydrogens (tertiary/aromatic N) is 1. The average molecular weight is 414 g/mol. The Morgan fingerprint density at radius 1 is 0.967 bits per heavy atom. The van der Waals surface area contributed by atoms with Gasteiger partial charge in [-0.05, 0) is 32.0 Å². The number of nitro benzene ring substituents is 1. The first-order chi connectivity index (χ1) is 14.2. The van der Waals surface area contributed by atoms with Crippen LogP contribution in [0.2, 0.25) is 0 Å². The Kier molecular flexibility index (Phi) is 7.34. The van der Waals surface area contributed by atoms with Crippen LogP contribution in [0.25, 0.3) is 0 Å². The summed E-state index contributed by atoms with van der Waals surface area (Å²) < 4.78 is 9.66. The van der Waals surface area contributed by atoms with E-state index >= 15 is 0 Å². The molecule has 0 radical (unpaired) electrons. The molecule has 0 bridgehead atoms. The van der Waals surface area contributed by atoms with Crippen LogP contribution in [-0.2, 0) is 14.3 Å². The van der Waals surface area contributed by atoms with Crippen LogP contribution < -0.4 is 5.32 Å². The zero-order chi connectivity index (χ0) is 22.3. The van der Waals surface area contributed by atoms with Crippen molar-refractivity contribution in [2.45, 2.75) is 13.8 Å². The molecule has 2 aromatic carbocycles. The fourth-order valence-corrected chi connectivity index (χ4v) is 2.39. The zero-order valence-corrected chi connectivity index (χ0v) is 16.2. The molecule has 1 N–H and O–H groups in total. The maximum atomic E-state index is 12.2. The summed E-state index contributed by atoms with van der Waals surface area (Å²) in [5.74, 6) is -2.73. The number of ether oxygens (including phenoxy) is 2. The van der Waals surface area contributed by atoms with Crippen molar-refractivity contribution in [3.05, 3.63) is 69.3 Å². The highest BCUT2D eigenvalue weighted by Crippen LogP contribution is 2.19. The Hall–Kier alpha value is -4.08. The van der Waals surface area contributed by atoms with Crippen LogP contribution in [0.15, 0.2) is 42.5 Å². The Morgan fingerprint density at radius 2 is 1.60 bits per heavy atom. The quantitative estimate of drug-likeness (QED) is 0.301. The molecule has 2 aromatic rings. The van der Waals surface area contributed by atoms with Crippen LogP contribution in [-0.4, -0.2) is 41.8 Å². The number of esters is 2. The average Bonchev–Trinajstić information content (AvgIpc) is 2.72. The third-order valence-corrected chi connectivity index (χ3v) is 3.76. The van der Waals surface area contributed by atoms with Crippen molar-refractivity contribution in [2.24, 2.45) is 0 Å². The monoisotopic (exact) mass is 414 g/mol. The first-order valence-corrected chi connectivity index (χ1v) is 8.75. The van der Waals surface area contributed by atoms with Gasteiger partial charge in [-0.25, -0.2) is 9.59 Å². The predicted octanol–water partition coefficient (Wildman–Crippen LogP) is 2.77. The summed E-state index contributed by atoms with van der Waals surface area (Å²) in [5.41, 5.74) is -0.239. The summed E-state index contributed by atoms with van der Waals surface area (Å²) in [6, 6.07) is 9.18. The molecule has 0 aliphatic rings. The minimum atomic E-state index is -1.03. The molecule has 10 nitrogen and oxygen atoms in total. The van der Waals surface area contributed by atoms with Gasteiger partial charge >= 0.3 is 11.9 Å². The molecular weight excluding hydrogens is 396 g/mol. The van der Waals surface area contributed by atoms with Gasteiger partial charge in [0, 0.05) is 23.4 Å². The van der Waals surface area contributed by atoms with Crippen LogP contribution in [0, 0.1) is 10.1 Å². The number of carbonyl (C=O) groups is 4. The predicted molar refractivity (Wildman–Crippen MR) is 104 cm³/mol. The highest BCUT2D eigenvalue weighted by Gasteiger charge is 2.20. The van der Waals surface area contributed by atoms with Gasteiger partial charge in [-0.1, -0.05) is 12.1 Å². The Labute approximate surface area is 170 Å². The smallest absolute Gasteiger partial charge is 0.338 e. The lowest BCUT2D eigenvalue weighted by molar-refractivity contribution is -0.384. The number of hydrogen-bond donors (Lipinski definition) is 1. The Bertz CT molecular complexity index is 1020. The molecule has 0 aliphatic heterocycles. The number of benzene rings is 2. The molecule has 0 spiro atoms. The van der Waals surface area contributed by atoms with E-state index in [1.165, 1.54) is 13.0 Å². The molecule has 0 saturated heterocycles. The standard InChI is InChI=1S/C20H18N2O8/c1-3-29-19(25)14-7-15(10-17(9-14)22(27)28)20(26)30-11-18(24)21-16-6-4-5-13(8-16)12(2)23/h4-10H,3,11H2,1-2H3,(H,21,24). The summed E-state index contributed by atoms with van der Waals surface area (Å²) >= 11 is 0. The van der Waals surface area contributed by atoms with Crippen molar-refractivity contribution in [2.75, 3.05) is 18.5 Å². The molecule has 0 aliphatic carbocycles. The second-order valence-electron chi connectivity index (χ2n) is 6.01. The number of rotatable bonds is 8. The number of ketones is 1. The largest absolute Gasteiger partial charge is 0.462 e. The number of non-ortho nitro benzene ring substituents is 1. The summed E-state index contributed by atoms with van der Waals surface area (Å²) in [6.45, 7) is 2.31. The van der Waals surface area contributed by atoms with Crippen LogP contribution in [0.4, 0.5) is 11.4 Å². The van der Waals surface area contributed by atoms with Crippen molar-refractivity contribution in [3.63, 3.8) is 0 Å². The van der Waals surface area contributed by atoms with Gasteiger partial charge in [0.2, 0.25) is 0 Å². The molecule has 0 heterocycles. The van der Waals surface area contributed by atoms with Gasteiger partial charge in [-0.15, -0.1) is 0 Å². The van der Waals surface area contributed by atoms with E-state index in [4.69, 9.17) is 9.47 Å². The number of nitrogens with one attached hydrogen (secondary N) is 1. The van der Waals surface area contributed by atoms with Crippen molar-refractivity contribution in [3.8, 4) is 0 Å². The van der Waals surface area contributed by atoms with E-state index in [1.54, 1.807) is 25.1 Å². The third kappa shape index (κ3) is 5.96. The first kappa shape index (κ1) is 22.2. The van der Waals surface area contributed by atoms with Crippen molar-refractivity contribution < 1.29 is 33.6 Å². The normalized spacial score (nSPS) is 10.1. The molecule has 2 rings (SSSR count). The molecule has 1 amide bonds. The van der Waals surface area contributed by atoms with E-state index in [0.717, 1.165) is 18.2 Å². The molecule has 0 fully saturated rings. The maximum Gasteiger partial charge on any atom is 0.338 e. The number of Topliss-reactive ketones (excluding diaryl/α,β-unsaturated/α-hetero) is 1. The second-order valence-corrected chi connectivity index (χ2v) is 6.01. The van der Waals surface area contributed by atoms with Crippen molar-refractivity contribution in [1.82, 2.24) is 0 Å². The summed E-state index contributed by atoms with van der Waals surface area (Å²) in [4.78, 5) is 57.8. The van der Waals surface area contributed by atoms with Crippen molar-refractivity contribution >= 4 is 35.0 Å². The lowest BCUT2D eigenvalue weighted by Crippen LogP contribution is -2.21.